The Morgan fingerprint density at radius 2 is 1.71 bits per heavy atom. The highest BCUT2D eigenvalue weighted by Crippen LogP contribution is 2.34. The summed E-state index contributed by atoms with van der Waals surface area (Å²) >= 11 is 0. The lowest BCUT2D eigenvalue weighted by Crippen LogP contribution is -2.49. The number of halogens is 3. The summed E-state index contributed by atoms with van der Waals surface area (Å²) in [6, 6.07) is 8.03. The van der Waals surface area contributed by atoms with Gasteiger partial charge in [-0.2, -0.15) is 13.2 Å². The normalized spacial score (nSPS) is 17.4. The Morgan fingerprint density at radius 3 is 2.38 bits per heavy atom. The molecule has 21 heavy (non-hydrogen) atoms. The highest BCUT2D eigenvalue weighted by Gasteiger charge is 2.34. The van der Waals surface area contributed by atoms with Crippen LogP contribution in [0.25, 0.3) is 10.9 Å². The van der Waals surface area contributed by atoms with E-state index in [0.717, 1.165) is 11.5 Å². The summed E-state index contributed by atoms with van der Waals surface area (Å²) in [5.41, 5.74) is 0.0740. The molecule has 4 nitrogen and oxygen atoms in total. The number of alkyl halides is 3. The Labute approximate surface area is 119 Å². The van der Waals surface area contributed by atoms with Crippen molar-refractivity contribution < 1.29 is 13.2 Å². The molecule has 7 heteroatoms. The van der Waals surface area contributed by atoms with E-state index >= 15 is 0 Å². The lowest BCUT2D eigenvalue weighted by Gasteiger charge is -2.34. The number of para-hydroxylation sites is 1. The van der Waals surface area contributed by atoms with Crippen LogP contribution in [0.2, 0.25) is 0 Å². The summed E-state index contributed by atoms with van der Waals surface area (Å²) in [6.45, 7) is 2.44. The number of pyridine rings is 1. The van der Waals surface area contributed by atoms with Crippen LogP contribution in [0.15, 0.2) is 30.3 Å². The molecule has 1 fully saturated rings. The van der Waals surface area contributed by atoms with Gasteiger partial charge in [-0.1, -0.05) is 18.2 Å². The molecule has 2 heterocycles. The summed E-state index contributed by atoms with van der Waals surface area (Å²) in [6.07, 6.45) is -4.45. The molecule has 1 aliphatic heterocycles. The highest BCUT2D eigenvalue weighted by molar-refractivity contribution is 5.92. The average molecular weight is 296 g/mol. The van der Waals surface area contributed by atoms with Gasteiger partial charge in [0, 0.05) is 37.3 Å². The number of benzene rings is 1. The van der Waals surface area contributed by atoms with E-state index in [1.54, 1.807) is 29.3 Å². The van der Waals surface area contributed by atoms with Crippen LogP contribution in [-0.4, -0.2) is 36.2 Å². The van der Waals surface area contributed by atoms with Crippen LogP contribution in [0, 0.1) is 0 Å². The van der Waals surface area contributed by atoms with Crippen LogP contribution in [0.3, 0.4) is 0 Å². The molecule has 1 aliphatic rings. The summed E-state index contributed by atoms with van der Waals surface area (Å²) in [5.74, 6) is 5.70. The molecule has 1 aromatic heterocycles. The van der Waals surface area contributed by atoms with Gasteiger partial charge in [-0.05, 0) is 12.1 Å². The molecule has 3 rings (SSSR count). The monoisotopic (exact) mass is 296 g/mol. The van der Waals surface area contributed by atoms with E-state index in [2.05, 4.69) is 4.98 Å². The molecule has 0 saturated carbocycles. The molecule has 0 bridgehead atoms. The second-order valence-corrected chi connectivity index (χ2v) is 5.06. The lowest BCUT2D eigenvalue weighted by molar-refractivity contribution is -0.140. The smallest absolute Gasteiger partial charge is 0.368 e. The Bertz CT molecular complexity index is 648. The number of nitrogens with zero attached hydrogens (tertiary/aromatic N) is 3. The van der Waals surface area contributed by atoms with Crippen LogP contribution in [0.1, 0.15) is 5.69 Å². The van der Waals surface area contributed by atoms with E-state index in [0.29, 0.717) is 37.4 Å². The van der Waals surface area contributed by atoms with Crippen LogP contribution >= 0.6 is 0 Å². The Balaban J connectivity index is 2.11. The maximum atomic E-state index is 13.0. The van der Waals surface area contributed by atoms with Gasteiger partial charge in [0.1, 0.15) is 5.69 Å². The molecule has 0 radical (unpaired) electrons. The number of piperazine rings is 1. The summed E-state index contributed by atoms with van der Waals surface area (Å²) in [5, 5.41) is 2.40. The minimum absolute atomic E-state index is 0.359. The van der Waals surface area contributed by atoms with Gasteiger partial charge in [0.05, 0.1) is 5.52 Å². The third kappa shape index (κ3) is 2.79. The van der Waals surface area contributed by atoms with Crippen molar-refractivity contribution in [3.63, 3.8) is 0 Å². The Hall–Kier alpha value is -1.86. The van der Waals surface area contributed by atoms with Crippen molar-refractivity contribution >= 4 is 16.6 Å². The number of anilines is 1. The molecule has 2 N–H and O–H groups in total. The first-order valence-corrected chi connectivity index (χ1v) is 6.67. The van der Waals surface area contributed by atoms with Gasteiger partial charge >= 0.3 is 6.18 Å². The van der Waals surface area contributed by atoms with Crippen molar-refractivity contribution in [3.8, 4) is 0 Å². The third-order valence-electron chi connectivity index (χ3n) is 3.64. The molecule has 1 aromatic carbocycles. The predicted molar refractivity (Wildman–Crippen MR) is 74.7 cm³/mol. The summed E-state index contributed by atoms with van der Waals surface area (Å²) in [4.78, 5) is 5.66. The van der Waals surface area contributed by atoms with Crippen LogP contribution < -0.4 is 10.7 Å². The van der Waals surface area contributed by atoms with E-state index in [-0.39, 0.29) is 0 Å². The first-order valence-electron chi connectivity index (χ1n) is 6.67. The molecule has 1 saturated heterocycles. The Morgan fingerprint density at radius 1 is 1.05 bits per heavy atom. The number of hydrazine groups is 1. The summed E-state index contributed by atoms with van der Waals surface area (Å²) in [7, 11) is 0. The second-order valence-electron chi connectivity index (χ2n) is 5.06. The number of rotatable bonds is 1. The first-order chi connectivity index (χ1) is 9.95. The highest BCUT2D eigenvalue weighted by atomic mass is 19.4. The van der Waals surface area contributed by atoms with E-state index in [9.17, 15) is 13.2 Å². The number of hydrogen-bond acceptors (Lipinski definition) is 4. The van der Waals surface area contributed by atoms with Crippen molar-refractivity contribution in [2.45, 2.75) is 6.18 Å². The fourth-order valence-electron chi connectivity index (χ4n) is 2.53. The minimum atomic E-state index is -4.45. The first kappa shape index (κ1) is 14.1. The van der Waals surface area contributed by atoms with Crippen molar-refractivity contribution in [1.82, 2.24) is 9.99 Å². The quantitative estimate of drug-likeness (QED) is 0.820. The van der Waals surface area contributed by atoms with Gasteiger partial charge in [-0.3, -0.25) is 5.84 Å². The fraction of sp³-hybridized carbons (Fsp3) is 0.357. The number of aromatic nitrogens is 1. The molecule has 112 valence electrons. The molecule has 2 aromatic rings. The SMILES string of the molecule is NN1CCN(c2cc(C(F)(F)F)nc3ccccc23)CC1. The van der Waals surface area contributed by atoms with Gasteiger partial charge in [0.15, 0.2) is 0 Å². The van der Waals surface area contributed by atoms with E-state index in [1.807, 2.05) is 4.90 Å². The van der Waals surface area contributed by atoms with Crippen LogP contribution in [-0.2, 0) is 6.18 Å². The van der Waals surface area contributed by atoms with Crippen molar-refractivity contribution in [2.75, 3.05) is 31.1 Å². The summed E-state index contributed by atoms with van der Waals surface area (Å²) < 4.78 is 39.0. The fourth-order valence-corrected chi connectivity index (χ4v) is 2.53. The van der Waals surface area contributed by atoms with Crippen LogP contribution in [0.4, 0.5) is 18.9 Å². The van der Waals surface area contributed by atoms with Gasteiger partial charge in [0.2, 0.25) is 0 Å². The molecular weight excluding hydrogens is 281 g/mol. The van der Waals surface area contributed by atoms with Crippen molar-refractivity contribution in [2.24, 2.45) is 5.84 Å². The van der Waals surface area contributed by atoms with E-state index < -0.39 is 11.9 Å². The number of nitrogens with two attached hydrogens (primary N) is 1. The molecule has 0 spiro atoms. The predicted octanol–water partition coefficient (Wildman–Crippen LogP) is 2.25. The molecule has 0 unspecified atom stereocenters. The van der Waals surface area contributed by atoms with Crippen LogP contribution in [0.5, 0.6) is 0 Å². The maximum absolute atomic E-state index is 13.0. The topological polar surface area (TPSA) is 45.4 Å². The zero-order chi connectivity index (χ0) is 15.0. The third-order valence-corrected chi connectivity index (χ3v) is 3.64. The number of fused-ring (bicyclic) bond motifs is 1. The Kier molecular flexibility index (Phi) is 3.46. The van der Waals surface area contributed by atoms with Crippen molar-refractivity contribution in [1.29, 1.82) is 0 Å². The average Bonchev–Trinajstić information content (AvgIpc) is 2.46. The molecule has 0 amide bonds. The van der Waals surface area contributed by atoms with Gasteiger partial charge < -0.3 is 4.90 Å². The number of hydrogen-bond donors (Lipinski definition) is 1. The van der Waals surface area contributed by atoms with Gasteiger partial charge in [-0.15, -0.1) is 0 Å². The second kappa shape index (κ2) is 5.16. The van der Waals surface area contributed by atoms with Gasteiger partial charge in [-0.25, -0.2) is 9.99 Å². The lowest BCUT2D eigenvalue weighted by atomic mass is 10.1. The zero-order valence-corrected chi connectivity index (χ0v) is 11.3. The maximum Gasteiger partial charge on any atom is 0.433 e. The molecule has 0 aliphatic carbocycles. The molecule has 0 atom stereocenters. The van der Waals surface area contributed by atoms with Crippen molar-refractivity contribution in [3.05, 3.63) is 36.0 Å². The molecular formula is C14H15F3N4. The standard InChI is InChI=1S/C14H15F3N4/c15-14(16,17)13-9-12(20-5-7-21(18)8-6-20)10-3-1-2-4-11(10)19-13/h1-4,9H,5-8,18H2. The van der Waals surface area contributed by atoms with E-state index in [4.69, 9.17) is 5.84 Å². The largest absolute Gasteiger partial charge is 0.433 e. The zero-order valence-electron chi connectivity index (χ0n) is 11.3. The minimum Gasteiger partial charge on any atom is -0.368 e. The van der Waals surface area contributed by atoms with E-state index in [1.165, 1.54) is 0 Å². The van der Waals surface area contributed by atoms with Gasteiger partial charge in [0.25, 0.3) is 0 Å².